The van der Waals surface area contributed by atoms with Crippen molar-refractivity contribution in [2.75, 3.05) is 26.0 Å². The number of nitrogen functional groups attached to an aromatic ring is 1. The number of nitrogens with zero attached hydrogens (tertiary/aromatic N) is 1. The lowest BCUT2D eigenvalue weighted by molar-refractivity contribution is 0.167. The smallest absolute Gasteiger partial charge is 0.249 e. The van der Waals surface area contributed by atoms with Crippen LogP contribution >= 0.6 is 0 Å². The van der Waals surface area contributed by atoms with E-state index in [0.717, 1.165) is 16.4 Å². The first-order valence-corrected chi connectivity index (χ1v) is 7.95. The number of halogens is 2. The maximum atomic E-state index is 13.9. The lowest BCUT2D eigenvalue weighted by Crippen LogP contribution is -2.41. The first kappa shape index (κ1) is 17.8. The van der Waals surface area contributed by atoms with E-state index >= 15 is 0 Å². The Balaban J connectivity index is 3.35. The second-order valence-corrected chi connectivity index (χ2v) is 6.51. The maximum Gasteiger partial charge on any atom is 0.249 e. The molecule has 0 heterocycles. The van der Waals surface area contributed by atoms with Crippen LogP contribution in [0.5, 0.6) is 0 Å². The van der Waals surface area contributed by atoms with Gasteiger partial charge >= 0.3 is 0 Å². The molecule has 5 nitrogen and oxygen atoms in total. The van der Waals surface area contributed by atoms with Gasteiger partial charge in [-0.3, -0.25) is 0 Å². The number of hydrogen-bond donors (Lipinski definition) is 1. The van der Waals surface area contributed by atoms with Crippen LogP contribution in [0.3, 0.4) is 0 Å². The second-order valence-electron chi connectivity index (χ2n) is 4.68. The zero-order valence-electron chi connectivity index (χ0n) is 12.3. The van der Waals surface area contributed by atoms with Crippen molar-refractivity contribution in [2.24, 2.45) is 0 Å². The van der Waals surface area contributed by atoms with Crippen LogP contribution in [0, 0.1) is 11.6 Å². The molecule has 0 fully saturated rings. The van der Waals surface area contributed by atoms with Crippen LogP contribution in [-0.4, -0.2) is 39.0 Å². The number of nitrogens with two attached hydrogens (primary N) is 1. The Bertz CT molecular complexity index is 570. The minimum atomic E-state index is -4.31. The monoisotopic (exact) mass is 322 g/mol. The molecule has 0 spiro atoms. The SMILES string of the molecule is CCC(C)N(CCOC)S(=O)(=O)c1c(F)cc(N)cc1F. The van der Waals surface area contributed by atoms with Crippen LogP contribution < -0.4 is 5.73 Å². The number of hydrogen-bond acceptors (Lipinski definition) is 4. The van der Waals surface area contributed by atoms with Crippen LogP contribution in [0.15, 0.2) is 17.0 Å². The number of benzene rings is 1. The summed E-state index contributed by atoms with van der Waals surface area (Å²) in [6.07, 6.45) is 0.501. The Morgan fingerprint density at radius 3 is 2.29 bits per heavy atom. The number of anilines is 1. The Morgan fingerprint density at radius 2 is 1.86 bits per heavy atom. The van der Waals surface area contributed by atoms with Gasteiger partial charge in [0.2, 0.25) is 10.0 Å². The Hall–Kier alpha value is -1.25. The van der Waals surface area contributed by atoms with Crippen molar-refractivity contribution in [3.8, 4) is 0 Å². The standard InChI is InChI=1S/C13H20F2N2O3S/c1-4-9(2)17(5-6-20-3)21(18,19)13-11(14)7-10(16)8-12(13)15/h7-9H,4-6,16H2,1-3H3. The molecule has 21 heavy (non-hydrogen) atoms. The highest BCUT2D eigenvalue weighted by atomic mass is 32.2. The van der Waals surface area contributed by atoms with E-state index in [1.165, 1.54) is 7.11 Å². The fourth-order valence-electron chi connectivity index (χ4n) is 1.91. The number of methoxy groups -OCH3 is 1. The van der Waals surface area contributed by atoms with Gasteiger partial charge in [0.15, 0.2) is 4.90 Å². The van der Waals surface area contributed by atoms with E-state index in [1.54, 1.807) is 13.8 Å². The van der Waals surface area contributed by atoms with Gasteiger partial charge < -0.3 is 10.5 Å². The highest BCUT2D eigenvalue weighted by molar-refractivity contribution is 7.89. The lowest BCUT2D eigenvalue weighted by atomic mass is 10.3. The van der Waals surface area contributed by atoms with Gasteiger partial charge in [-0.1, -0.05) is 6.92 Å². The number of ether oxygens (including phenoxy) is 1. The van der Waals surface area contributed by atoms with Crippen molar-refractivity contribution in [2.45, 2.75) is 31.2 Å². The summed E-state index contributed by atoms with van der Waals surface area (Å²) in [6.45, 7) is 3.59. The topological polar surface area (TPSA) is 72.6 Å². The molecular formula is C13H20F2N2O3S. The summed E-state index contributed by atoms with van der Waals surface area (Å²) in [5, 5.41) is 0. The molecule has 0 radical (unpaired) electrons. The molecule has 1 aromatic carbocycles. The molecule has 0 aliphatic heterocycles. The van der Waals surface area contributed by atoms with Gasteiger partial charge in [-0.15, -0.1) is 0 Å². The normalized spacial score (nSPS) is 13.6. The molecule has 1 rings (SSSR count). The van der Waals surface area contributed by atoms with Crippen LogP contribution in [-0.2, 0) is 14.8 Å². The summed E-state index contributed by atoms with van der Waals surface area (Å²) in [7, 11) is -2.89. The third-order valence-corrected chi connectivity index (χ3v) is 5.25. The first-order valence-electron chi connectivity index (χ1n) is 6.51. The summed E-state index contributed by atoms with van der Waals surface area (Å²) in [5.74, 6) is -2.39. The van der Waals surface area contributed by atoms with Crippen molar-refractivity contribution < 1.29 is 21.9 Å². The number of rotatable bonds is 7. The average molecular weight is 322 g/mol. The molecule has 0 aliphatic rings. The average Bonchev–Trinajstić information content (AvgIpc) is 2.36. The van der Waals surface area contributed by atoms with Crippen LogP contribution in [0.25, 0.3) is 0 Å². The van der Waals surface area contributed by atoms with Gasteiger partial charge in [0.05, 0.1) is 6.61 Å². The van der Waals surface area contributed by atoms with E-state index in [2.05, 4.69) is 0 Å². The van der Waals surface area contributed by atoms with Gasteiger partial charge in [0, 0.05) is 25.4 Å². The molecular weight excluding hydrogens is 302 g/mol. The predicted octanol–water partition coefficient (Wildman–Crippen LogP) is 1.98. The van der Waals surface area contributed by atoms with E-state index in [4.69, 9.17) is 10.5 Å². The van der Waals surface area contributed by atoms with Gasteiger partial charge in [-0.25, -0.2) is 17.2 Å². The van der Waals surface area contributed by atoms with Gasteiger partial charge in [0.1, 0.15) is 11.6 Å². The lowest BCUT2D eigenvalue weighted by Gasteiger charge is -2.27. The quantitative estimate of drug-likeness (QED) is 0.779. The molecule has 0 bridgehead atoms. The molecule has 0 saturated heterocycles. The van der Waals surface area contributed by atoms with Crippen LogP contribution in [0.2, 0.25) is 0 Å². The third kappa shape index (κ3) is 3.90. The van der Waals surface area contributed by atoms with Crippen molar-refractivity contribution in [3.05, 3.63) is 23.8 Å². The summed E-state index contributed by atoms with van der Waals surface area (Å²) >= 11 is 0. The highest BCUT2D eigenvalue weighted by Gasteiger charge is 2.33. The highest BCUT2D eigenvalue weighted by Crippen LogP contribution is 2.26. The summed E-state index contributed by atoms with van der Waals surface area (Å²) in [4.78, 5) is -0.979. The molecule has 2 N–H and O–H groups in total. The Kier molecular flexibility index (Phi) is 6.06. The zero-order valence-corrected chi connectivity index (χ0v) is 13.1. The molecule has 0 saturated carbocycles. The minimum absolute atomic E-state index is 0.0110. The zero-order chi connectivity index (χ0) is 16.2. The second kappa shape index (κ2) is 7.15. The molecule has 1 atom stereocenters. The molecule has 1 aromatic rings. The molecule has 0 aliphatic carbocycles. The van der Waals surface area contributed by atoms with Crippen LogP contribution in [0.1, 0.15) is 20.3 Å². The molecule has 8 heteroatoms. The largest absolute Gasteiger partial charge is 0.399 e. The van der Waals surface area contributed by atoms with Crippen molar-refractivity contribution in [1.29, 1.82) is 0 Å². The third-order valence-electron chi connectivity index (χ3n) is 3.19. The summed E-state index contributed by atoms with van der Waals surface area (Å²) < 4.78 is 58.8. The van der Waals surface area contributed by atoms with Gasteiger partial charge in [-0.2, -0.15) is 4.31 Å². The Labute approximate surface area is 123 Å². The van der Waals surface area contributed by atoms with Crippen molar-refractivity contribution in [1.82, 2.24) is 4.31 Å². The predicted molar refractivity (Wildman–Crippen MR) is 76.3 cm³/mol. The van der Waals surface area contributed by atoms with E-state index in [1.807, 2.05) is 0 Å². The van der Waals surface area contributed by atoms with E-state index in [-0.39, 0.29) is 18.8 Å². The molecule has 1 unspecified atom stereocenters. The van der Waals surface area contributed by atoms with Crippen LogP contribution in [0.4, 0.5) is 14.5 Å². The first-order chi connectivity index (χ1) is 9.75. The van der Waals surface area contributed by atoms with Gasteiger partial charge in [0.25, 0.3) is 0 Å². The fraction of sp³-hybridized carbons (Fsp3) is 0.538. The fourth-order valence-corrected chi connectivity index (χ4v) is 3.69. The van der Waals surface area contributed by atoms with E-state index in [0.29, 0.717) is 6.42 Å². The maximum absolute atomic E-state index is 13.9. The minimum Gasteiger partial charge on any atom is -0.399 e. The molecule has 0 amide bonds. The van der Waals surface area contributed by atoms with E-state index in [9.17, 15) is 17.2 Å². The summed E-state index contributed by atoms with van der Waals surface area (Å²) in [6, 6.07) is 1.17. The van der Waals surface area contributed by atoms with E-state index < -0.39 is 32.6 Å². The molecule has 0 aromatic heterocycles. The number of sulfonamides is 1. The Morgan fingerprint density at radius 1 is 1.33 bits per heavy atom. The van der Waals surface area contributed by atoms with Gasteiger partial charge in [-0.05, 0) is 25.5 Å². The summed E-state index contributed by atoms with van der Waals surface area (Å²) in [5.41, 5.74) is 5.14. The van der Waals surface area contributed by atoms with Crippen molar-refractivity contribution >= 4 is 15.7 Å². The van der Waals surface area contributed by atoms with Crippen molar-refractivity contribution in [3.63, 3.8) is 0 Å². The molecule has 120 valence electrons.